The Morgan fingerprint density at radius 3 is 2.26 bits per heavy atom. The van der Waals surface area contributed by atoms with Crippen LogP contribution in [0.3, 0.4) is 0 Å². The summed E-state index contributed by atoms with van der Waals surface area (Å²) in [5, 5.41) is 4.15. The number of halogens is 2. The summed E-state index contributed by atoms with van der Waals surface area (Å²) >= 11 is 5.78. The Bertz CT molecular complexity index is 862. The van der Waals surface area contributed by atoms with Gasteiger partial charge in [0, 0.05) is 10.6 Å². The Hall–Kier alpha value is -2.05. The second-order valence-corrected chi connectivity index (χ2v) is 7.52. The zero-order valence-electron chi connectivity index (χ0n) is 14.7. The molecule has 2 aromatic carbocycles. The highest BCUT2D eigenvalue weighted by molar-refractivity contribution is 7.73. The third-order valence-corrected chi connectivity index (χ3v) is 5.54. The second-order valence-electron chi connectivity index (χ2n) is 5.14. The molecule has 0 saturated carbocycles. The van der Waals surface area contributed by atoms with Crippen molar-refractivity contribution in [3.8, 4) is 0 Å². The number of benzene rings is 2. The van der Waals surface area contributed by atoms with Crippen LogP contribution in [0.1, 0.15) is 29.8 Å². The Morgan fingerprint density at radius 2 is 1.70 bits per heavy atom. The van der Waals surface area contributed by atoms with E-state index in [-0.39, 0.29) is 29.8 Å². The molecule has 0 amide bonds. The van der Waals surface area contributed by atoms with Crippen molar-refractivity contribution in [2.45, 2.75) is 13.8 Å². The highest BCUT2D eigenvalue weighted by Gasteiger charge is 2.34. The van der Waals surface area contributed by atoms with Gasteiger partial charge in [0.25, 0.3) is 0 Å². The number of carbonyl (C=O) groups is 1. The van der Waals surface area contributed by atoms with Crippen LogP contribution in [0.25, 0.3) is 0 Å². The maximum Gasteiger partial charge on any atom is 0.383 e. The number of oxime groups is 1. The predicted molar refractivity (Wildman–Crippen MR) is 101 cm³/mol. The lowest BCUT2D eigenvalue weighted by Gasteiger charge is -2.18. The van der Waals surface area contributed by atoms with Gasteiger partial charge in [-0.2, -0.15) is 0 Å². The number of nitrogens with zero attached hydrogens (tertiary/aromatic N) is 1. The highest BCUT2D eigenvalue weighted by Crippen LogP contribution is 2.51. The maximum atomic E-state index is 13.6. The average Bonchev–Trinajstić information content (AvgIpc) is 2.62. The van der Waals surface area contributed by atoms with Gasteiger partial charge >= 0.3 is 13.6 Å². The summed E-state index contributed by atoms with van der Waals surface area (Å²) < 4.78 is 37.3. The molecule has 0 fully saturated rings. The van der Waals surface area contributed by atoms with E-state index in [2.05, 4.69) is 5.16 Å². The van der Waals surface area contributed by atoms with Gasteiger partial charge in [-0.25, -0.2) is 9.18 Å². The molecule has 0 aliphatic rings. The molecule has 0 bridgehead atoms. The lowest BCUT2D eigenvalue weighted by atomic mass is 10.2. The van der Waals surface area contributed by atoms with Crippen LogP contribution in [-0.2, 0) is 18.5 Å². The van der Waals surface area contributed by atoms with Crippen LogP contribution in [-0.4, -0.2) is 24.6 Å². The third kappa shape index (κ3) is 5.71. The molecule has 0 radical (unpaired) electrons. The molecule has 0 saturated heterocycles. The van der Waals surface area contributed by atoms with Crippen molar-refractivity contribution in [3.05, 3.63) is 70.5 Å². The van der Waals surface area contributed by atoms with Gasteiger partial charge in [-0.05, 0) is 50.2 Å². The molecule has 0 atom stereocenters. The van der Waals surface area contributed by atoms with Crippen molar-refractivity contribution in [1.82, 2.24) is 0 Å². The first-order valence-corrected chi connectivity index (χ1v) is 10.0. The van der Waals surface area contributed by atoms with Crippen molar-refractivity contribution in [2.75, 3.05) is 13.2 Å². The minimum absolute atomic E-state index is 0.0523. The van der Waals surface area contributed by atoms with Crippen LogP contribution in [0.4, 0.5) is 4.39 Å². The van der Waals surface area contributed by atoms with Crippen molar-refractivity contribution >= 4 is 30.6 Å². The molecule has 0 aliphatic carbocycles. The highest BCUT2D eigenvalue weighted by atomic mass is 35.5. The van der Waals surface area contributed by atoms with E-state index in [1.807, 2.05) is 0 Å². The van der Waals surface area contributed by atoms with E-state index >= 15 is 0 Å². The zero-order valence-corrected chi connectivity index (χ0v) is 16.4. The summed E-state index contributed by atoms with van der Waals surface area (Å²) in [6, 6.07) is 11.1. The molecular formula is C18H18ClFNO5P. The van der Waals surface area contributed by atoms with Crippen molar-refractivity contribution < 1.29 is 27.6 Å². The molecule has 27 heavy (non-hydrogen) atoms. The normalized spacial score (nSPS) is 12.1. The Morgan fingerprint density at radius 1 is 1.07 bits per heavy atom. The van der Waals surface area contributed by atoms with Crippen molar-refractivity contribution in [2.24, 2.45) is 5.16 Å². The van der Waals surface area contributed by atoms with Crippen molar-refractivity contribution in [1.29, 1.82) is 0 Å². The summed E-state index contributed by atoms with van der Waals surface area (Å²) in [7, 11) is -3.94. The van der Waals surface area contributed by atoms with E-state index in [4.69, 9.17) is 25.5 Å². The van der Waals surface area contributed by atoms with Crippen LogP contribution in [0.5, 0.6) is 0 Å². The summed E-state index contributed by atoms with van der Waals surface area (Å²) in [6.45, 7) is 3.34. The average molecular weight is 414 g/mol. The minimum Gasteiger partial charge on any atom is -0.312 e. The van der Waals surface area contributed by atoms with E-state index in [0.717, 1.165) is 6.07 Å². The first-order chi connectivity index (χ1) is 12.9. The van der Waals surface area contributed by atoms with Crippen LogP contribution in [0, 0.1) is 5.82 Å². The van der Waals surface area contributed by atoms with Gasteiger partial charge in [-0.3, -0.25) is 4.57 Å². The molecule has 0 aliphatic heterocycles. The molecule has 2 aromatic rings. The monoisotopic (exact) mass is 413 g/mol. The number of rotatable bonds is 8. The van der Waals surface area contributed by atoms with Gasteiger partial charge in [0.1, 0.15) is 5.82 Å². The summed E-state index contributed by atoms with van der Waals surface area (Å²) in [5.41, 5.74) is 0.00143. The van der Waals surface area contributed by atoms with E-state index in [9.17, 15) is 13.8 Å². The molecule has 0 unspecified atom stereocenters. The van der Waals surface area contributed by atoms with E-state index in [1.165, 1.54) is 42.5 Å². The summed E-state index contributed by atoms with van der Waals surface area (Å²) in [5.74, 6) is -1.39. The third-order valence-electron chi connectivity index (χ3n) is 3.24. The van der Waals surface area contributed by atoms with E-state index in [0.29, 0.717) is 5.02 Å². The van der Waals surface area contributed by atoms with Gasteiger partial charge in [-0.15, -0.1) is 0 Å². The van der Waals surface area contributed by atoms with Gasteiger partial charge in [0.05, 0.1) is 18.8 Å². The van der Waals surface area contributed by atoms with Gasteiger partial charge < -0.3 is 13.9 Å². The SMILES string of the molecule is CCOP(=O)(OCC)C(=NOC(=O)c1ccc(Cl)cc1)c1cccc(F)c1. The number of hydrogen-bond donors (Lipinski definition) is 0. The second kappa shape index (κ2) is 9.76. The number of carbonyl (C=O) groups excluding carboxylic acids is 1. The Kier molecular flexibility index (Phi) is 7.68. The van der Waals surface area contributed by atoms with Crippen LogP contribution in [0.2, 0.25) is 5.02 Å². The van der Waals surface area contributed by atoms with Crippen LogP contribution >= 0.6 is 19.2 Å². The molecule has 0 aromatic heterocycles. The lowest BCUT2D eigenvalue weighted by Crippen LogP contribution is -2.11. The van der Waals surface area contributed by atoms with Crippen LogP contribution < -0.4 is 0 Å². The van der Waals surface area contributed by atoms with Crippen LogP contribution in [0.15, 0.2) is 53.7 Å². The molecular weight excluding hydrogens is 396 g/mol. The quantitative estimate of drug-likeness (QED) is 0.255. The summed E-state index contributed by atoms with van der Waals surface area (Å²) in [6.07, 6.45) is 0. The zero-order chi connectivity index (χ0) is 19.9. The maximum absolute atomic E-state index is 13.6. The molecule has 6 nitrogen and oxygen atoms in total. The fourth-order valence-electron chi connectivity index (χ4n) is 2.11. The fourth-order valence-corrected chi connectivity index (χ4v) is 3.83. The molecule has 0 heterocycles. The smallest absolute Gasteiger partial charge is 0.312 e. The summed E-state index contributed by atoms with van der Waals surface area (Å²) in [4.78, 5) is 17.1. The Labute approximate surface area is 161 Å². The molecule has 0 N–H and O–H groups in total. The lowest BCUT2D eigenvalue weighted by molar-refractivity contribution is 0.0517. The Balaban J connectivity index is 2.41. The minimum atomic E-state index is -3.94. The number of hydrogen-bond acceptors (Lipinski definition) is 6. The molecule has 9 heteroatoms. The topological polar surface area (TPSA) is 74.2 Å². The molecule has 144 valence electrons. The van der Waals surface area contributed by atoms with E-state index in [1.54, 1.807) is 13.8 Å². The molecule has 0 spiro atoms. The van der Waals surface area contributed by atoms with Gasteiger partial charge in [-0.1, -0.05) is 28.9 Å². The van der Waals surface area contributed by atoms with Gasteiger partial charge in [0.15, 0.2) is 5.45 Å². The molecule has 2 rings (SSSR count). The predicted octanol–water partition coefficient (Wildman–Crippen LogP) is 5.26. The standard InChI is InChI=1S/C18H18ClFNO5P/c1-3-24-27(23,25-4-2)17(14-6-5-7-16(20)12-14)21-26-18(22)13-8-10-15(19)11-9-13/h5-12H,3-4H2,1-2H3. The fraction of sp³-hybridized carbons (Fsp3) is 0.222. The van der Waals surface area contributed by atoms with Crippen molar-refractivity contribution in [3.63, 3.8) is 0 Å². The first kappa shape index (κ1) is 21.3. The van der Waals surface area contributed by atoms with E-state index < -0.39 is 19.4 Å². The first-order valence-electron chi connectivity index (χ1n) is 8.10. The largest absolute Gasteiger partial charge is 0.383 e. The van der Waals surface area contributed by atoms with Gasteiger partial charge in [0.2, 0.25) is 0 Å².